The molecule has 23 heavy (non-hydrogen) atoms. The van der Waals surface area contributed by atoms with Gasteiger partial charge in [0.2, 0.25) is 5.91 Å². The first-order valence-electron chi connectivity index (χ1n) is 7.55. The molecule has 1 aliphatic heterocycles. The minimum absolute atomic E-state index is 0.0249. The molecule has 3 rings (SSSR count). The van der Waals surface area contributed by atoms with Gasteiger partial charge in [-0.15, -0.1) is 11.3 Å². The Morgan fingerprint density at radius 2 is 2.22 bits per heavy atom. The van der Waals surface area contributed by atoms with E-state index in [1.165, 1.54) is 0 Å². The van der Waals surface area contributed by atoms with Crippen molar-refractivity contribution >= 4 is 28.8 Å². The number of nitrogens with one attached hydrogen (secondary N) is 1. The summed E-state index contributed by atoms with van der Waals surface area (Å²) < 4.78 is 6.40. The fourth-order valence-electron chi connectivity index (χ4n) is 2.74. The lowest BCUT2D eigenvalue weighted by atomic mass is 10.0. The average Bonchev–Trinajstić information content (AvgIpc) is 2.92. The van der Waals surface area contributed by atoms with Gasteiger partial charge in [0, 0.05) is 23.4 Å². The van der Waals surface area contributed by atoms with Gasteiger partial charge in [0.1, 0.15) is 5.75 Å². The molecule has 1 amide bonds. The number of benzene rings is 1. The first-order chi connectivity index (χ1) is 11.1. The van der Waals surface area contributed by atoms with Gasteiger partial charge in [0.25, 0.3) is 0 Å². The second kappa shape index (κ2) is 7.34. The van der Waals surface area contributed by atoms with E-state index in [9.17, 15) is 4.79 Å². The van der Waals surface area contributed by atoms with Crippen molar-refractivity contribution in [2.75, 3.05) is 20.2 Å². The molecule has 1 aliphatic rings. The number of rotatable bonds is 5. The Morgan fingerprint density at radius 3 is 3.00 bits per heavy atom. The van der Waals surface area contributed by atoms with Crippen LogP contribution in [-0.4, -0.2) is 31.0 Å². The summed E-state index contributed by atoms with van der Waals surface area (Å²) in [6.07, 6.45) is 0.799. The zero-order chi connectivity index (χ0) is 16.2. The molecule has 2 heterocycles. The van der Waals surface area contributed by atoms with Crippen LogP contribution in [0.15, 0.2) is 36.4 Å². The van der Waals surface area contributed by atoms with Crippen molar-refractivity contribution in [3.63, 3.8) is 0 Å². The highest BCUT2D eigenvalue weighted by molar-refractivity contribution is 7.16. The van der Waals surface area contributed by atoms with E-state index in [-0.39, 0.29) is 11.9 Å². The summed E-state index contributed by atoms with van der Waals surface area (Å²) >= 11 is 7.48. The van der Waals surface area contributed by atoms with Crippen LogP contribution in [0.4, 0.5) is 0 Å². The number of halogens is 1. The number of para-hydroxylation sites is 1. The third kappa shape index (κ3) is 4.25. The normalized spacial score (nSPS) is 16.7. The summed E-state index contributed by atoms with van der Waals surface area (Å²) in [5.74, 6) is 0.891. The van der Waals surface area contributed by atoms with Crippen molar-refractivity contribution in [1.82, 2.24) is 10.2 Å². The average molecular weight is 351 g/mol. The minimum atomic E-state index is 0.0249. The topological polar surface area (TPSA) is 41.6 Å². The Hall–Kier alpha value is -1.56. The summed E-state index contributed by atoms with van der Waals surface area (Å²) in [6, 6.07) is 11.8. The quantitative estimate of drug-likeness (QED) is 0.897. The number of likely N-dealkylation sites (N-methyl/N-ethyl adjacent to an activating group) is 1. The van der Waals surface area contributed by atoms with Crippen LogP contribution >= 0.6 is 22.9 Å². The van der Waals surface area contributed by atoms with Gasteiger partial charge in [-0.25, -0.2) is 0 Å². The number of carbonyl (C=O) groups excluding carboxylic acids is 1. The third-order valence-electron chi connectivity index (χ3n) is 3.76. The maximum absolute atomic E-state index is 12.3. The molecule has 4 nitrogen and oxygen atoms in total. The molecule has 0 radical (unpaired) electrons. The highest BCUT2D eigenvalue weighted by atomic mass is 35.5. The standard InChI is InChI=1S/C17H19ClN2O2S/c1-20(10-12-6-7-16(18)23-12)11-17(21)19-14-8-9-22-15-5-3-2-4-13(14)15/h2-7,14H,8-11H2,1H3,(H,19,21)/t14-/m0/s1. The molecule has 1 aromatic heterocycles. The molecule has 0 aliphatic carbocycles. The highest BCUT2D eigenvalue weighted by Crippen LogP contribution is 2.31. The van der Waals surface area contributed by atoms with E-state index in [0.717, 1.165) is 33.5 Å². The van der Waals surface area contributed by atoms with E-state index in [1.807, 2.05) is 48.3 Å². The van der Waals surface area contributed by atoms with E-state index in [2.05, 4.69) is 5.32 Å². The van der Waals surface area contributed by atoms with Crippen LogP contribution in [0.25, 0.3) is 0 Å². The van der Waals surface area contributed by atoms with Crippen LogP contribution in [0.1, 0.15) is 22.9 Å². The van der Waals surface area contributed by atoms with Gasteiger partial charge in [-0.05, 0) is 25.2 Å². The molecular formula is C17H19ClN2O2S. The molecule has 0 saturated heterocycles. The highest BCUT2D eigenvalue weighted by Gasteiger charge is 2.22. The van der Waals surface area contributed by atoms with E-state index in [0.29, 0.717) is 13.2 Å². The Labute approximate surface area is 145 Å². The Morgan fingerprint density at radius 1 is 1.39 bits per heavy atom. The fraction of sp³-hybridized carbons (Fsp3) is 0.353. The smallest absolute Gasteiger partial charge is 0.234 e. The summed E-state index contributed by atoms with van der Waals surface area (Å²) in [7, 11) is 1.94. The van der Waals surface area contributed by atoms with Crippen molar-refractivity contribution in [2.24, 2.45) is 0 Å². The molecule has 0 spiro atoms. The number of thiophene rings is 1. The molecule has 1 atom stereocenters. The monoisotopic (exact) mass is 350 g/mol. The number of hydrogen-bond acceptors (Lipinski definition) is 4. The summed E-state index contributed by atoms with van der Waals surface area (Å²) in [4.78, 5) is 15.5. The van der Waals surface area contributed by atoms with Gasteiger partial charge in [0.15, 0.2) is 0 Å². The molecule has 1 aromatic carbocycles. The minimum Gasteiger partial charge on any atom is -0.493 e. The SMILES string of the molecule is CN(CC(=O)N[C@H]1CCOc2ccccc21)Cc1ccc(Cl)s1. The van der Waals surface area contributed by atoms with Crippen LogP contribution in [0.2, 0.25) is 4.34 Å². The molecule has 0 unspecified atom stereocenters. The first-order valence-corrected chi connectivity index (χ1v) is 8.75. The van der Waals surface area contributed by atoms with Crippen LogP contribution in [0, 0.1) is 0 Å². The number of ether oxygens (including phenoxy) is 1. The number of nitrogens with zero attached hydrogens (tertiary/aromatic N) is 1. The van der Waals surface area contributed by atoms with Crippen molar-refractivity contribution in [2.45, 2.75) is 19.0 Å². The van der Waals surface area contributed by atoms with E-state index >= 15 is 0 Å². The van der Waals surface area contributed by atoms with Crippen molar-refractivity contribution in [1.29, 1.82) is 0 Å². The van der Waals surface area contributed by atoms with Gasteiger partial charge in [0.05, 0.1) is 23.5 Å². The van der Waals surface area contributed by atoms with Crippen LogP contribution in [0.5, 0.6) is 5.75 Å². The van der Waals surface area contributed by atoms with Crippen LogP contribution in [-0.2, 0) is 11.3 Å². The third-order valence-corrected chi connectivity index (χ3v) is 4.98. The van der Waals surface area contributed by atoms with Crippen molar-refractivity contribution in [3.05, 3.63) is 51.2 Å². The molecule has 2 aromatic rings. The van der Waals surface area contributed by atoms with Crippen molar-refractivity contribution < 1.29 is 9.53 Å². The van der Waals surface area contributed by atoms with Crippen molar-refractivity contribution in [3.8, 4) is 5.75 Å². The first kappa shape index (κ1) is 16.3. The second-order valence-corrected chi connectivity index (χ2v) is 7.47. The van der Waals surface area contributed by atoms with E-state index in [1.54, 1.807) is 11.3 Å². The lowest BCUT2D eigenvalue weighted by molar-refractivity contribution is -0.123. The van der Waals surface area contributed by atoms with Gasteiger partial charge in [-0.3, -0.25) is 9.69 Å². The predicted molar refractivity (Wildman–Crippen MR) is 93.1 cm³/mol. The number of carbonyl (C=O) groups is 1. The van der Waals surface area contributed by atoms with E-state index < -0.39 is 0 Å². The molecular weight excluding hydrogens is 332 g/mol. The molecule has 0 bridgehead atoms. The molecule has 6 heteroatoms. The van der Waals surface area contributed by atoms with Gasteiger partial charge in [-0.1, -0.05) is 29.8 Å². The Balaban J connectivity index is 1.55. The zero-order valence-electron chi connectivity index (χ0n) is 12.9. The lowest BCUT2D eigenvalue weighted by Crippen LogP contribution is -2.38. The largest absolute Gasteiger partial charge is 0.493 e. The summed E-state index contributed by atoms with van der Waals surface area (Å²) in [5, 5.41) is 3.11. The maximum atomic E-state index is 12.3. The summed E-state index contributed by atoms with van der Waals surface area (Å²) in [6.45, 7) is 1.70. The fourth-order valence-corrected chi connectivity index (χ4v) is 3.90. The van der Waals surface area contributed by atoms with E-state index in [4.69, 9.17) is 16.3 Å². The Bertz CT molecular complexity index is 689. The second-order valence-electron chi connectivity index (χ2n) is 5.67. The van der Waals surface area contributed by atoms with Gasteiger partial charge >= 0.3 is 0 Å². The van der Waals surface area contributed by atoms with Crippen LogP contribution in [0.3, 0.4) is 0 Å². The maximum Gasteiger partial charge on any atom is 0.234 e. The number of amides is 1. The van der Waals surface area contributed by atoms with Gasteiger partial charge in [-0.2, -0.15) is 0 Å². The molecule has 122 valence electrons. The molecule has 0 saturated carbocycles. The zero-order valence-corrected chi connectivity index (χ0v) is 14.5. The number of fused-ring (bicyclic) bond motifs is 1. The number of hydrogen-bond donors (Lipinski definition) is 1. The lowest BCUT2D eigenvalue weighted by Gasteiger charge is -2.27. The molecule has 1 N–H and O–H groups in total. The molecule has 0 fully saturated rings. The van der Waals surface area contributed by atoms with Crippen LogP contribution < -0.4 is 10.1 Å². The predicted octanol–water partition coefficient (Wildman–Crippen LogP) is 3.47. The Kier molecular flexibility index (Phi) is 5.20. The van der Waals surface area contributed by atoms with Gasteiger partial charge < -0.3 is 10.1 Å². The summed E-state index contributed by atoms with van der Waals surface area (Å²) in [5.41, 5.74) is 1.06.